The van der Waals surface area contributed by atoms with Crippen LogP contribution in [-0.2, 0) is 4.79 Å². The maximum atomic E-state index is 12.2. The van der Waals surface area contributed by atoms with E-state index in [9.17, 15) is 4.79 Å². The van der Waals surface area contributed by atoms with Crippen molar-refractivity contribution in [1.29, 1.82) is 0 Å². The quantitative estimate of drug-likeness (QED) is 0.740. The van der Waals surface area contributed by atoms with E-state index >= 15 is 0 Å². The third-order valence-electron chi connectivity index (χ3n) is 4.61. The third-order valence-corrected chi connectivity index (χ3v) is 4.61. The molecule has 3 rings (SSSR count). The molecule has 3 aliphatic rings. The Balaban J connectivity index is 1.88. The SMILES string of the molecule is CCC(=O)N(CC)C1=CCC2NCC/C(=C\C3=CNCN3)C2=C1. The first kappa shape index (κ1) is 15.9. The van der Waals surface area contributed by atoms with Crippen LogP contribution in [0.1, 0.15) is 33.1 Å². The number of nitrogens with zero attached hydrogens (tertiary/aromatic N) is 1. The van der Waals surface area contributed by atoms with Gasteiger partial charge in [0.1, 0.15) is 0 Å². The summed E-state index contributed by atoms with van der Waals surface area (Å²) in [6, 6.07) is 0.365. The lowest BCUT2D eigenvalue weighted by Gasteiger charge is -2.34. The zero-order valence-corrected chi connectivity index (χ0v) is 14.0. The normalized spacial score (nSPS) is 24.9. The Morgan fingerprint density at radius 2 is 2.30 bits per heavy atom. The first-order valence-corrected chi connectivity index (χ1v) is 8.56. The number of hydrogen-bond donors (Lipinski definition) is 3. The number of amides is 1. The second-order valence-corrected chi connectivity index (χ2v) is 6.04. The lowest BCUT2D eigenvalue weighted by molar-refractivity contribution is -0.128. The molecule has 1 unspecified atom stereocenters. The summed E-state index contributed by atoms with van der Waals surface area (Å²) in [5.41, 5.74) is 4.87. The summed E-state index contributed by atoms with van der Waals surface area (Å²) in [5.74, 6) is 0.188. The zero-order chi connectivity index (χ0) is 16.2. The molecule has 5 nitrogen and oxygen atoms in total. The zero-order valence-electron chi connectivity index (χ0n) is 14.0. The molecule has 1 amide bonds. The van der Waals surface area contributed by atoms with Gasteiger partial charge in [0, 0.05) is 30.9 Å². The van der Waals surface area contributed by atoms with Gasteiger partial charge in [0.15, 0.2) is 0 Å². The highest BCUT2D eigenvalue weighted by Gasteiger charge is 2.27. The predicted molar refractivity (Wildman–Crippen MR) is 92.2 cm³/mol. The monoisotopic (exact) mass is 314 g/mol. The minimum Gasteiger partial charge on any atom is -0.372 e. The van der Waals surface area contributed by atoms with Gasteiger partial charge in [-0.3, -0.25) is 4.79 Å². The molecule has 1 atom stereocenters. The van der Waals surface area contributed by atoms with Gasteiger partial charge in [-0.25, -0.2) is 0 Å². The molecule has 0 aromatic carbocycles. The number of carbonyl (C=O) groups is 1. The fourth-order valence-electron chi connectivity index (χ4n) is 3.40. The number of piperidine rings is 1. The second kappa shape index (κ2) is 7.04. The van der Waals surface area contributed by atoms with Crippen LogP contribution in [0.25, 0.3) is 0 Å². The van der Waals surface area contributed by atoms with Crippen molar-refractivity contribution in [2.24, 2.45) is 0 Å². The van der Waals surface area contributed by atoms with E-state index in [2.05, 4.69) is 34.2 Å². The van der Waals surface area contributed by atoms with Crippen LogP contribution in [0, 0.1) is 0 Å². The van der Waals surface area contributed by atoms with Crippen LogP contribution in [0.5, 0.6) is 0 Å². The molecule has 0 bridgehead atoms. The van der Waals surface area contributed by atoms with E-state index in [4.69, 9.17) is 0 Å². The second-order valence-electron chi connectivity index (χ2n) is 6.04. The Bertz CT molecular complexity index is 600. The highest BCUT2D eigenvalue weighted by molar-refractivity contribution is 5.78. The molecular weight excluding hydrogens is 288 g/mol. The summed E-state index contributed by atoms with van der Waals surface area (Å²) in [5, 5.41) is 10.1. The van der Waals surface area contributed by atoms with Gasteiger partial charge in [-0.05, 0) is 49.6 Å². The van der Waals surface area contributed by atoms with Crippen molar-refractivity contribution in [3.63, 3.8) is 0 Å². The van der Waals surface area contributed by atoms with E-state index in [1.807, 2.05) is 24.9 Å². The van der Waals surface area contributed by atoms with Crippen molar-refractivity contribution in [3.05, 3.63) is 47.0 Å². The summed E-state index contributed by atoms with van der Waals surface area (Å²) in [7, 11) is 0. The van der Waals surface area contributed by atoms with Crippen molar-refractivity contribution in [3.8, 4) is 0 Å². The topological polar surface area (TPSA) is 56.4 Å². The summed E-state index contributed by atoms with van der Waals surface area (Å²) >= 11 is 0. The number of nitrogens with one attached hydrogen (secondary N) is 3. The molecule has 2 heterocycles. The van der Waals surface area contributed by atoms with E-state index in [1.54, 1.807) is 0 Å². The molecule has 2 aliphatic heterocycles. The highest BCUT2D eigenvalue weighted by Crippen LogP contribution is 2.31. The number of likely N-dealkylation sites (N-methyl/N-ethyl adjacent to an activating group) is 1. The van der Waals surface area contributed by atoms with Crippen molar-refractivity contribution in [1.82, 2.24) is 20.9 Å². The third kappa shape index (κ3) is 3.34. The average molecular weight is 314 g/mol. The summed E-state index contributed by atoms with van der Waals surface area (Å²) in [4.78, 5) is 14.1. The molecule has 1 fully saturated rings. The predicted octanol–water partition coefficient (Wildman–Crippen LogP) is 1.74. The largest absolute Gasteiger partial charge is 0.372 e. The van der Waals surface area contributed by atoms with Crippen molar-refractivity contribution >= 4 is 5.91 Å². The van der Waals surface area contributed by atoms with Crippen molar-refractivity contribution in [2.45, 2.75) is 39.2 Å². The van der Waals surface area contributed by atoms with E-state index in [0.29, 0.717) is 12.5 Å². The van der Waals surface area contributed by atoms with Crippen LogP contribution in [0.15, 0.2) is 47.0 Å². The van der Waals surface area contributed by atoms with Crippen molar-refractivity contribution in [2.75, 3.05) is 19.8 Å². The lowest BCUT2D eigenvalue weighted by Crippen LogP contribution is -2.40. The molecule has 0 saturated carbocycles. The maximum Gasteiger partial charge on any atom is 0.226 e. The van der Waals surface area contributed by atoms with E-state index in [0.717, 1.165) is 44.0 Å². The summed E-state index contributed by atoms with van der Waals surface area (Å²) < 4.78 is 0. The average Bonchev–Trinajstić information content (AvgIpc) is 3.09. The highest BCUT2D eigenvalue weighted by atomic mass is 16.2. The van der Waals surface area contributed by atoms with Crippen LogP contribution < -0.4 is 16.0 Å². The minimum atomic E-state index is 0.188. The van der Waals surface area contributed by atoms with E-state index < -0.39 is 0 Å². The first-order valence-electron chi connectivity index (χ1n) is 8.56. The standard InChI is InChI=1S/C18H26N4O/c1-3-18(23)22(4-2)15-5-6-17-16(10-15)13(7-8-20-17)9-14-11-19-12-21-14/h5,9-11,17,19-21H,3-4,6-8,12H2,1-2H3/b13-9+. The van der Waals surface area contributed by atoms with Gasteiger partial charge in [0.25, 0.3) is 0 Å². The van der Waals surface area contributed by atoms with Gasteiger partial charge < -0.3 is 20.9 Å². The van der Waals surface area contributed by atoms with Gasteiger partial charge >= 0.3 is 0 Å². The Morgan fingerprint density at radius 1 is 1.43 bits per heavy atom. The van der Waals surface area contributed by atoms with Crippen LogP contribution in [0.2, 0.25) is 0 Å². The van der Waals surface area contributed by atoms with Crippen LogP contribution >= 0.6 is 0 Å². The lowest BCUT2D eigenvalue weighted by atomic mass is 9.85. The Morgan fingerprint density at radius 3 is 3.00 bits per heavy atom. The van der Waals surface area contributed by atoms with Gasteiger partial charge in [-0.15, -0.1) is 0 Å². The van der Waals surface area contributed by atoms with Crippen molar-refractivity contribution < 1.29 is 4.79 Å². The maximum absolute atomic E-state index is 12.2. The molecule has 0 aromatic rings. The Hall–Kier alpha value is -2.01. The van der Waals surface area contributed by atoms with Crippen LogP contribution in [-0.4, -0.2) is 36.6 Å². The molecule has 1 aliphatic carbocycles. The molecule has 124 valence electrons. The summed E-state index contributed by atoms with van der Waals surface area (Å²) in [6.45, 7) is 6.47. The Labute approximate surface area is 138 Å². The molecule has 0 spiro atoms. The summed E-state index contributed by atoms with van der Waals surface area (Å²) in [6.07, 6.45) is 11.1. The van der Waals surface area contributed by atoms with Gasteiger partial charge in [-0.1, -0.05) is 13.0 Å². The molecular formula is C18H26N4O. The molecule has 23 heavy (non-hydrogen) atoms. The number of allylic oxidation sites excluding steroid dienone is 2. The van der Waals surface area contributed by atoms with Gasteiger partial charge in [-0.2, -0.15) is 0 Å². The number of carbonyl (C=O) groups excluding carboxylic acids is 1. The fraction of sp³-hybridized carbons (Fsp3) is 0.500. The molecule has 1 saturated heterocycles. The van der Waals surface area contributed by atoms with Gasteiger partial charge in [0.05, 0.1) is 12.4 Å². The Kier molecular flexibility index (Phi) is 4.86. The molecule has 5 heteroatoms. The van der Waals surface area contributed by atoms with E-state index in [1.165, 1.54) is 11.1 Å². The van der Waals surface area contributed by atoms with Gasteiger partial charge in [0.2, 0.25) is 5.91 Å². The number of fused-ring (bicyclic) bond motifs is 1. The molecule has 3 N–H and O–H groups in total. The minimum absolute atomic E-state index is 0.188. The van der Waals surface area contributed by atoms with E-state index in [-0.39, 0.29) is 5.91 Å². The molecule has 0 radical (unpaired) electrons. The van der Waals surface area contributed by atoms with Crippen LogP contribution in [0.3, 0.4) is 0 Å². The molecule has 0 aromatic heterocycles. The number of rotatable bonds is 4. The van der Waals surface area contributed by atoms with Crippen LogP contribution in [0.4, 0.5) is 0 Å². The smallest absolute Gasteiger partial charge is 0.226 e. The first-order chi connectivity index (χ1) is 11.2. The number of hydrogen-bond acceptors (Lipinski definition) is 4. The fourth-order valence-corrected chi connectivity index (χ4v) is 3.40.